The summed E-state index contributed by atoms with van der Waals surface area (Å²) in [6.07, 6.45) is 0. The summed E-state index contributed by atoms with van der Waals surface area (Å²) in [6, 6.07) is 15.3. The molecule has 0 radical (unpaired) electrons. The van der Waals surface area contributed by atoms with Gasteiger partial charge in [-0.05, 0) is 53.5 Å². The van der Waals surface area contributed by atoms with Crippen molar-refractivity contribution in [2.24, 2.45) is 0 Å². The van der Waals surface area contributed by atoms with Gasteiger partial charge in [0.25, 0.3) is 5.91 Å². The lowest BCUT2D eigenvalue weighted by atomic mass is 10.1. The number of hydrogen-bond acceptors (Lipinski definition) is 1. The minimum absolute atomic E-state index is 0.00241. The Balaban J connectivity index is 2.27. The summed E-state index contributed by atoms with van der Waals surface area (Å²) in [6.45, 7) is 4.63. The number of hydrogen-bond donors (Lipinski definition) is 0. The van der Waals surface area contributed by atoms with Crippen molar-refractivity contribution in [1.29, 1.82) is 0 Å². The SMILES string of the molecule is CC(C)N(Cc1ccccc1)C(=O)c1ccc(Cl)cc1Br. The molecule has 0 bridgehead atoms. The van der Waals surface area contributed by atoms with Gasteiger partial charge >= 0.3 is 0 Å². The van der Waals surface area contributed by atoms with Crippen LogP contribution in [0.25, 0.3) is 0 Å². The molecule has 21 heavy (non-hydrogen) atoms. The van der Waals surface area contributed by atoms with E-state index < -0.39 is 0 Å². The number of amides is 1. The molecule has 0 fully saturated rings. The number of nitrogens with zero attached hydrogens (tertiary/aromatic N) is 1. The van der Waals surface area contributed by atoms with Gasteiger partial charge in [-0.15, -0.1) is 0 Å². The van der Waals surface area contributed by atoms with E-state index in [0.29, 0.717) is 17.1 Å². The summed E-state index contributed by atoms with van der Waals surface area (Å²) in [7, 11) is 0. The van der Waals surface area contributed by atoms with E-state index in [9.17, 15) is 4.79 Å². The molecule has 0 N–H and O–H groups in total. The van der Waals surface area contributed by atoms with Crippen molar-refractivity contribution in [3.63, 3.8) is 0 Å². The fraction of sp³-hybridized carbons (Fsp3) is 0.235. The van der Waals surface area contributed by atoms with Gasteiger partial charge in [0.2, 0.25) is 0 Å². The van der Waals surface area contributed by atoms with E-state index >= 15 is 0 Å². The Hall–Kier alpha value is -1.32. The molecular formula is C17H17BrClNO. The van der Waals surface area contributed by atoms with E-state index in [0.717, 1.165) is 10.0 Å². The van der Waals surface area contributed by atoms with Gasteiger partial charge in [0.1, 0.15) is 0 Å². The first kappa shape index (κ1) is 16.1. The van der Waals surface area contributed by atoms with Crippen LogP contribution in [0.5, 0.6) is 0 Å². The second-order valence-corrected chi connectivity index (χ2v) is 6.43. The number of rotatable bonds is 4. The van der Waals surface area contributed by atoms with Gasteiger partial charge in [0.15, 0.2) is 0 Å². The molecule has 0 heterocycles. The summed E-state index contributed by atoms with van der Waals surface area (Å²) in [5, 5.41) is 0.609. The molecule has 0 aromatic heterocycles. The Morgan fingerprint density at radius 3 is 2.43 bits per heavy atom. The highest BCUT2D eigenvalue weighted by Gasteiger charge is 2.21. The topological polar surface area (TPSA) is 20.3 Å². The van der Waals surface area contributed by atoms with Crippen LogP contribution in [0.4, 0.5) is 0 Å². The lowest BCUT2D eigenvalue weighted by Gasteiger charge is -2.27. The molecule has 0 spiro atoms. The van der Waals surface area contributed by atoms with E-state index in [1.165, 1.54) is 0 Å². The first-order chi connectivity index (χ1) is 9.99. The van der Waals surface area contributed by atoms with E-state index in [2.05, 4.69) is 15.9 Å². The number of benzene rings is 2. The largest absolute Gasteiger partial charge is 0.332 e. The van der Waals surface area contributed by atoms with Gasteiger partial charge in [-0.3, -0.25) is 4.79 Å². The Morgan fingerprint density at radius 2 is 1.86 bits per heavy atom. The lowest BCUT2D eigenvalue weighted by Crippen LogP contribution is -2.36. The fourth-order valence-electron chi connectivity index (χ4n) is 2.09. The summed E-state index contributed by atoms with van der Waals surface area (Å²) >= 11 is 9.36. The summed E-state index contributed by atoms with van der Waals surface area (Å²) in [5.74, 6) is -0.00241. The van der Waals surface area contributed by atoms with Gasteiger partial charge in [-0.25, -0.2) is 0 Å². The van der Waals surface area contributed by atoms with Gasteiger partial charge in [-0.2, -0.15) is 0 Å². The van der Waals surface area contributed by atoms with Gasteiger partial charge < -0.3 is 4.90 Å². The molecule has 2 aromatic carbocycles. The van der Waals surface area contributed by atoms with Crippen LogP contribution in [0, 0.1) is 0 Å². The van der Waals surface area contributed by atoms with Crippen LogP contribution < -0.4 is 0 Å². The molecule has 0 atom stereocenters. The Labute approximate surface area is 138 Å². The van der Waals surface area contributed by atoms with Crippen molar-refractivity contribution in [3.8, 4) is 0 Å². The van der Waals surface area contributed by atoms with Crippen LogP contribution in [0.15, 0.2) is 53.0 Å². The summed E-state index contributed by atoms with van der Waals surface area (Å²) in [4.78, 5) is 14.6. The van der Waals surface area contributed by atoms with Crippen LogP contribution in [0.1, 0.15) is 29.8 Å². The van der Waals surface area contributed by atoms with Crippen molar-refractivity contribution in [3.05, 3.63) is 69.2 Å². The first-order valence-electron chi connectivity index (χ1n) is 6.79. The zero-order valence-electron chi connectivity index (χ0n) is 12.0. The van der Waals surface area contributed by atoms with Crippen molar-refractivity contribution in [1.82, 2.24) is 4.90 Å². The molecule has 0 saturated carbocycles. The molecular weight excluding hydrogens is 350 g/mol. The highest BCUT2D eigenvalue weighted by atomic mass is 79.9. The van der Waals surface area contributed by atoms with Crippen molar-refractivity contribution >= 4 is 33.4 Å². The molecule has 0 aliphatic heterocycles. The second-order valence-electron chi connectivity index (χ2n) is 5.14. The van der Waals surface area contributed by atoms with Gasteiger partial charge in [0.05, 0.1) is 5.56 Å². The minimum atomic E-state index is -0.00241. The van der Waals surface area contributed by atoms with Crippen molar-refractivity contribution in [2.45, 2.75) is 26.4 Å². The Kier molecular flexibility index (Phi) is 5.43. The monoisotopic (exact) mass is 365 g/mol. The zero-order valence-corrected chi connectivity index (χ0v) is 14.4. The van der Waals surface area contributed by atoms with Crippen molar-refractivity contribution in [2.75, 3.05) is 0 Å². The highest BCUT2D eigenvalue weighted by Crippen LogP contribution is 2.24. The van der Waals surface area contributed by atoms with E-state index in [-0.39, 0.29) is 11.9 Å². The standard InChI is InChI=1S/C17H17BrClNO/c1-12(2)20(11-13-6-4-3-5-7-13)17(21)15-9-8-14(19)10-16(15)18/h3-10,12H,11H2,1-2H3. The van der Waals surface area contributed by atoms with E-state index in [4.69, 9.17) is 11.6 Å². The normalized spacial score (nSPS) is 10.7. The molecule has 0 aliphatic rings. The highest BCUT2D eigenvalue weighted by molar-refractivity contribution is 9.10. The minimum Gasteiger partial charge on any atom is -0.332 e. The molecule has 0 saturated heterocycles. The van der Waals surface area contributed by atoms with Gasteiger partial charge in [-0.1, -0.05) is 41.9 Å². The third-order valence-corrected chi connectivity index (χ3v) is 4.13. The predicted octanol–water partition coefficient (Wildman–Crippen LogP) is 5.15. The quantitative estimate of drug-likeness (QED) is 0.732. The van der Waals surface area contributed by atoms with Crippen LogP contribution >= 0.6 is 27.5 Å². The molecule has 2 rings (SSSR count). The molecule has 1 amide bonds. The fourth-order valence-corrected chi connectivity index (χ4v) is 2.94. The average molecular weight is 367 g/mol. The number of halogens is 2. The van der Waals surface area contributed by atoms with Crippen LogP contribution in [0.3, 0.4) is 0 Å². The Morgan fingerprint density at radius 1 is 1.19 bits per heavy atom. The van der Waals surface area contributed by atoms with E-state index in [1.807, 2.05) is 49.1 Å². The molecule has 0 unspecified atom stereocenters. The molecule has 2 nitrogen and oxygen atoms in total. The van der Waals surface area contributed by atoms with E-state index in [1.54, 1.807) is 18.2 Å². The Bertz CT molecular complexity index is 628. The predicted molar refractivity (Wildman–Crippen MR) is 90.6 cm³/mol. The third kappa shape index (κ3) is 4.08. The maximum absolute atomic E-state index is 12.8. The maximum atomic E-state index is 12.8. The molecule has 0 aliphatic carbocycles. The van der Waals surface area contributed by atoms with Crippen molar-refractivity contribution < 1.29 is 4.79 Å². The molecule has 110 valence electrons. The average Bonchev–Trinajstić information content (AvgIpc) is 2.45. The molecule has 2 aromatic rings. The number of carbonyl (C=O) groups is 1. The summed E-state index contributed by atoms with van der Waals surface area (Å²) < 4.78 is 0.721. The van der Waals surface area contributed by atoms with Gasteiger partial charge in [0, 0.05) is 22.1 Å². The first-order valence-corrected chi connectivity index (χ1v) is 7.96. The smallest absolute Gasteiger partial charge is 0.255 e. The summed E-state index contributed by atoms with van der Waals surface area (Å²) in [5.41, 5.74) is 1.74. The zero-order chi connectivity index (χ0) is 15.4. The maximum Gasteiger partial charge on any atom is 0.255 e. The van der Waals surface area contributed by atoms with Crippen LogP contribution in [-0.2, 0) is 6.54 Å². The third-order valence-electron chi connectivity index (χ3n) is 3.24. The number of carbonyl (C=O) groups excluding carboxylic acids is 1. The second kappa shape index (κ2) is 7.10. The van der Waals surface area contributed by atoms with Crippen LogP contribution in [0.2, 0.25) is 5.02 Å². The lowest BCUT2D eigenvalue weighted by molar-refractivity contribution is 0.0689. The van der Waals surface area contributed by atoms with Crippen LogP contribution in [-0.4, -0.2) is 16.8 Å². The molecule has 4 heteroatoms.